The van der Waals surface area contributed by atoms with Gasteiger partial charge < -0.3 is 15.5 Å². The Labute approximate surface area is 96.8 Å². The number of fused-ring (bicyclic) bond motifs is 1. The lowest BCUT2D eigenvalue weighted by Gasteiger charge is -2.02. The molecule has 2 amide bonds. The second-order valence-corrected chi connectivity index (χ2v) is 3.58. The minimum absolute atomic E-state index is 0.220. The summed E-state index contributed by atoms with van der Waals surface area (Å²) in [5.74, 6) is -1.22. The van der Waals surface area contributed by atoms with Gasteiger partial charge in [-0.05, 0) is 17.7 Å². The summed E-state index contributed by atoms with van der Waals surface area (Å²) in [5.41, 5.74) is 7.03. The number of nitrogens with one attached hydrogen (secondary N) is 1. The van der Waals surface area contributed by atoms with Gasteiger partial charge in [0.2, 0.25) is 0 Å². The first-order valence-electron chi connectivity index (χ1n) is 5.00. The van der Waals surface area contributed by atoms with Gasteiger partial charge in [-0.15, -0.1) is 0 Å². The van der Waals surface area contributed by atoms with E-state index >= 15 is 0 Å². The van der Waals surface area contributed by atoms with Crippen LogP contribution in [0.25, 0.3) is 11.1 Å². The number of carbonyl (C=O) groups excluding carboxylic acids is 2. The third kappa shape index (κ3) is 2.41. The summed E-state index contributed by atoms with van der Waals surface area (Å²) < 4.78 is 5.35. The summed E-state index contributed by atoms with van der Waals surface area (Å²) in [4.78, 5) is 25.6. The highest BCUT2D eigenvalue weighted by Crippen LogP contribution is 2.16. The molecule has 0 atom stereocenters. The van der Waals surface area contributed by atoms with Crippen molar-refractivity contribution in [3.8, 4) is 0 Å². The Morgan fingerprint density at radius 1 is 1.47 bits per heavy atom. The minimum Gasteiger partial charge on any atom is -0.441 e. The summed E-state index contributed by atoms with van der Waals surface area (Å²) in [7, 11) is 0. The SMILES string of the molecule is Cc1nc2ccc(CNC(=O)C(N)=O)cc2o1. The van der Waals surface area contributed by atoms with Crippen LogP contribution in [0, 0.1) is 6.92 Å². The molecule has 0 saturated carbocycles. The normalized spacial score (nSPS) is 10.4. The number of nitrogens with two attached hydrogens (primary N) is 1. The lowest BCUT2D eigenvalue weighted by molar-refractivity contribution is -0.137. The fraction of sp³-hybridized carbons (Fsp3) is 0.182. The number of rotatable bonds is 2. The summed E-state index contributed by atoms with van der Waals surface area (Å²) in [6, 6.07) is 5.35. The number of hydrogen-bond donors (Lipinski definition) is 2. The zero-order valence-corrected chi connectivity index (χ0v) is 9.19. The molecule has 0 radical (unpaired) electrons. The number of carbonyl (C=O) groups is 2. The van der Waals surface area contributed by atoms with Crippen molar-refractivity contribution in [2.75, 3.05) is 0 Å². The standard InChI is InChI=1S/C11H11N3O3/c1-6-14-8-3-2-7(4-9(8)17-6)5-13-11(16)10(12)15/h2-4H,5H2,1H3,(H2,12,15)(H,13,16). The van der Waals surface area contributed by atoms with Crippen molar-refractivity contribution < 1.29 is 14.0 Å². The molecule has 88 valence electrons. The first-order valence-corrected chi connectivity index (χ1v) is 5.00. The fourth-order valence-electron chi connectivity index (χ4n) is 1.46. The molecule has 0 aliphatic rings. The molecule has 1 aromatic heterocycles. The minimum atomic E-state index is -0.999. The Morgan fingerprint density at radius 3 is 2.94 bits per heavy atom. The number of aryl methyl sites for hydroxylation is 1. The molecule has 0 unspecified atom stereocenters. The number of benzene rings is 1. The van der Waals surface area contributed by atoms with E-state index in [1.807, 2.05) is 0 Å². The van der Waals surface area contributed by atoms with Crippen LogP contribution in [0.3, 0.4) is 0 Å². The van der Waals surface area contributed by atoms with Crippen molar-refractivity contribution in [3.63, 3.8) is 0 Å². The molecular formula is C11H11N3O3. The molecule has 0 fully saturated rings. The Kier molecular flexibility index (Phi) is 2.78. The first kappa shape index (κ1) is 11.1. The zero-order valence-electron chi connectivity index (χ0n) is 9.19. The molecule has 0 saturated heterocycles. The van der Waals surface area contributed by atoms with Crippen LogP contribution in [0.5, 0.6) is 0 Å². The molecule has 2 rings (SSSR count). The average molecular weight is 233 g/mol. The number of aromatic nitrogens is 1. The van der Waals surface area contributed by atoms with Gasteiger partial charge in [-0.2, -0.15) is 0 Å². The van der Waals surface area contributed by atoms with E-state index in [9.17, 15) is 9.59 Å². The molecule has 2 aromatic rings. The summed E-state index contributed by atoms with van der Waals surface area (Å²) in [6.07, 6.45) is 0. The molecule has 17 heavy (non-hydrogen) atoms. The number of oxazole rings is 1. The number of nitrogens with zero attached hydrogens (tertiary/aromatic N) is 1. The van der Waals surface area contributed by atoms with Crippen molar-refractivity contribution in [3.05, 3.63) is 29.7 Å². The maximum atomic E-state index is 11.0. The second-order valence-electron chi connectivity index (χ2n) is 3.58. The maximum Gasteiger partial charge on any atom is 0.309 e. The molecule has 0 bridgehead atoms. The van der Waals surface area contributed by atoms with Crippen LogP contribution in [-0.2, 0) is 16.1 Å². The third-order valence-corrected chi connectivity index (χ3v) is 2.24. The van der Waals surface area contributed by atoms with Crippen LogP contribution in [0.2, 0.25) is 0 Å². The molecule has 3 N–H and O–H groups in total. The third-order valence-electron chi connectivity index (χ3n) is 2.24. The van der Waals surface area contributed by atoms with E-state index in [0.29, 0.717) is 11.5 Å². The zero-order chi connectivity index (χ0) is 12.4. The molecule has 1 aromatic carbocycles. The van der Waals surface area contributed by atoms with Crippen LogP contribution in [0.15, 0.2) is 22.6 Å². The summed E-state index contributed by atoms with van der Waals surface area (Å²) in [5, 5.41) is 2.39. The van der Waals surface area contributed by atoms with Crippen molar-refractivity contribution in [2.45, 2.75) is 13.5 Å². The van der Waals surface area contributed by atoms with Crippen LogP contribution in [0.1, 0.15) is 11.5 Å². The van der Waals surface area contributed by atoms with Gasteiger partial charge in [0.25, 0.3) is 0 Å². The van der Waals surface area contributed by atoms with Crippen LogP contribution in [-0.4, -0.2) is 16.8 Å². The van der Waals surface area contributed by atoms with Gasteiger partial charge in [-0.3, -0.25) is 9.59 Å². The van der Waals surface area contributed by atoms with E-state index in [-0.39, 0.29) is 6.54 Å². The molecule has 6 nitrogen and oxygen atoms in total. The monoisotopic (exact) mass is 233 g/mol. The largest absolute Gasteiger partial charge is 0.441 e. The van der Waals surface area contributed by atoms with Crippen LogP contribution < -0.4 is 11.1 Å². The van der Waals surface area contributed by atoms with Crippen LogP contribution >= 0.6 is 0 Å². The molecule has 0 aliphatic heterocycles. The van der Waals surface area contributed by atoms with Crippen molar-refractivity contribution in [1.82, 2.24) is 10.3 Å². The van der Waals surface area contributed by atoms with Gasteiger partial charge in [0.1, 0.15) is 5.52 Å². The lowest BCUT2D eigenvalue weighted by atomic mass is 10.2. The van der Waals surface area contributed by atoms with Gasteiger partial charge >= 0.3 is 11.8 Å². The van der Waals surface area contributed by atoms with Gasteiger partial charge in [0.05, 0.1) is 0 Å². The molecule has 0 aliphatic carbocycles. The topological polar surface area (TPSA) is 98.2 Å². The van der Waals surface area contributed by atoms with Crippen molar-refractivity contribution in [1.29, 1.82) is 0 Å². The van der Waals surface area contributed by atoms with E-state index in [4.69, 9.17) is 10.2 Å². The van der Waals surface area contributed by atoms with Crippen LogP contribution in [0.4, 0.5) is 0 Å². The van der Waals surface area contributed by atoms with E-state index in [1.54, 1.807) is 25.1 Å². The maximum absolute atomic E-state index is 11.0. The first-order chi connectivity index (χ1) is 8.06. The Hall–Kier alpha value is -2.37. The quantitative estimate of drug-likeness (QED) is 0.726. The van der Waals surface area contributed by atoms with Gasteiger partial charge in [-0.25, -0.2) is 4.98 Å². The van der Waals surface area contributed by atoms with Crippen molar-refractivity contribution >= 4 is 22.9 Å². The molecule has 0 spiro atoms. The van der Waals surface area contributed by atoms with Gasteiger partial charge in [0, 0.05) is 13.5 Å². The van der Waals surface area contributed by atoms with Gasteiger partial charge in [0.15, 0.2) is 11.5 Å². The van der Waals surface area contributed by atoms with E-state index in [2.05, 4.69) is 10.3 Å². The van der Waals surface area contributed by atoms with E-state index in [1.165, 1.54) is 0 Å². The Bertz CT molecular complexity index is 589. The summed E-state index contributed by atoms with van der Waals surface area (Å²) >= 11 is 0. The fourth-order valence-corrected chi connectivity index (χ4v) is 1.46. The summed E-state index contributed by atoms with van der Waals surface area (Å²) in [6.45, 7) is 1.98. The highest BCUT2D eigenvalue weighted by molar-refractivity contribution is 6.34. The number of hydrogen-bond acceptors (Lipinski definition) is 4. The lowest BCUT2D eigenvalue weighted by Crippen LogP contribution is -2.35. The van der Waals surface area contributed by atoms with E-state index < -0.39 is 11.8 Å². The van der Waals surface area contributed by atoms with E-state index in [0.717, 1.165) is 11.1 Å². The highest BCUT2D eigenvalue weighted by atomic mass is 16.3. The Balaban J connectivity index is 2.14. The predicted molar refractivity (Wildman–Crippen MR) is 59.8 cm³/mol. The molecule has 6 heteroatoms. The number of amides is 2. The highest BCUT2D eigenvalue weighted by Gasteiger charge is 2.08. The smallest absolute Gasteiger partial charge is 0.309 e. The predicted octanol–water partition coefficient (Wildman–Crippen LogP) is 0.238. The Morgan fingerprint density at radius 2 is 2.24 bits per heavy atom. The van der Waals surface area contributed by atoms with Crippen molar-refractivity contribution in [2.24, 2.45) is 5.73 Å². The van der Waals surface area contributed by atoms with Gasteiger partial charge in [-0.1, -0.05) is 6.07 Å². The second kappa shape index (κ2) is 4.25. The molecular weight excluding hydrogens is 222 g/mol. The number of primary amides is 1. The average Bonchev–Trinajstić information content (AvgIpc) is 2.64. The molecule has 1 heterocycles.